The van der Waals surface area contributed by atoms with E-state index in [1.54, 1.807) is 17.3 Å². The SMILES string of the molecule is CC(C)NC(=O)N(Cc1ccccc1)C[C@@H]1CC(c2cccnc2)=NO1. The molecule has 2 amide bonds. The van der Waals surface area contributed by atoms with Crippen LogP contribution in [0.15, 0.2) is 60.0 Å². The molecule has 0 saturated carbocycles. The molecule has 0 unspecified atom stereocenters. The van der Waals surface area contributed by atoms with Crippen LogP contribution in [0.25, 0.3) is 0 Å². The number of hydrogen-bond donors (Lipinski definition) is 1. The van der Waals surface area contributed by atoms with Crippen LogP contribution in [-0.4, -0.2) is 40.3 Å². The van der Waals surface area contributed by atoms with Crippen molar-refractivity contribution in [1.29, 1.82) is 0 Å². The van der Waals surface area contributed by atoms with Gasteiger partial charge < -0.3 is 15.1 Å². The number of nitrogens with one attached hydrogen (secondary N) is 1. The number of carbonyl (C=O) groups excluding carboxylic acids is 1. The highest BCUT2D eigenvalue weighted by Gasteiger charge is 2.27. The Morgan fingerprint density at radius 1 is 1.27 bits per heavy atom. The molecule has 136 valence electrons. The molecule has 6 heteroatoms. The maximum atomic E-state index is 12.6. The quantitative estimate of drug-likeness (QED) is 0.868. The summed E-state index contributed by atoms with van der Waals surface area (Å²) in [4.78, 5) is 24.1. The maximum Gasteiger partial charge on any atom is 0.318 e. The van der Waals surface area contributed by atoms with Gasteiger partial charge >= 0.3 is 6.03 Å². The molecule has 0 radical (unpaired) electrons. The Balaban J connectivity index is 1.65. The first-order valence-corrected chi connectivity index (χ1v) is 8.84. The minimum atomic E-state index is -0.160. The van der Waals surface area contributed by atoms with E-state index in [-0.39, 0.29) is 18.2 Å². The summed E-state index contributed by atoms with van der Waals surface area (Å²) >= 11 is 0. The van der Waals surface area contributed by atoms with Crippen molar-refractivity contribution in [3.8, 4) is 0 Å². The molecule has 0 aliphatic carbocycles. The molecule has 2 heterocycles. The minimum absolute atomic E-state index is 0.0764. The van der Waals surface area contributed by atoms with Gasteiger partial charge in [0, 0.05) is 37.0 Å². The summed E-state index contributed by atoms with van der Waals surface area (Å²) in [5.41, 5.74) is 2.90. The molecular formula is C20H24N4O2. The fourth-order valence-corrected chi connectivity index (χ4v) is 2.84. The second-order valence-corrected chi connectivity index (χ2v) is 6.68. The molecule has 1 aromatic carbocycles. The number of rotatable bonds is 6. The molecule has 3 rings (SSSR count). The molecule has 0 spiro atoms. The van der Waals surface area contributed by atoms with Crippen LogP contribution in [0.4, 0.5) is 4.79 Å². The first kappa shape index (κ1) is 17.9. The summed E-state index contributed by atoms with van der Waals surface area (Å²) in [5.74, 6) is 0. The highest BCUT2D eigenvalue weighted by atomic mass is 16.6. The van der Waals surface area contributed by atoms with E-state index in [9.17, 15) is 4.79 Å². The summed E-state index contributed by atoms with van der Waals surface area (Å²) in [6.07, 6.45) is 4.01. The zero-order valence-electron chi connectivity index (χ0n) is 15.1. The van der Waals surface area contributed by atoms with E-state index in [2.05, 4.69) is 15.5 Å². The van der Waals surface area contributed by atoms with Gasteiger partial charge in [-0.15, -0.1) is 0 Å². The largest absolute Gasteiger partial charge is 0.390 e. The number of oxime groups is 1. The second kappa shape index (κ2) is 8.47. The van der Waals surface area contributed by atoms with Crippen molar-refractivity contribution in [1.82, 2.24) is 15.2 Å². The molecule has 6 nitrogen and oxygen atoms in total. The van der Waals surface area contributed by atoms with E-state index in [4.69, 9.17) is 4.84 Å². The van der Waals surface area contributed by atoms with Crippen molar-refractivity contribution in [3.05, 3.63) is 66.0 Å². The Labute approximate surface area is 153 Å². The van der Waals surface area contributed by atoms with Crippen LogP contribution in [0.2, 0.25) is 0 Å². The van der Waals surface area contributed by atoms with Crippen LogP contribution in [0.1, 0.15) is 31.4 Å². The van der Waals surface area contributed by atoms with Crippen LogP contribution in [0.5, 0.6) is 0 Å². The van der Waals surface area contributed by atoms with Gasteiger partial charge in [-0.3, -0.25) is 4.98 Å². The van der Waals surface area contributed by atoms with Crippen LogP contribution >= 0.6 is 0 Å². The highest BCUT2D eigenvalue weighted by molar-refractivity contribution is 6.01. The van der Waals surface area contributed by atoms with Gasteiger partial charge in [0.2, 0.25) is 0 Å². The van der Waals surface area contributed by atoms with Gasteiger partial charge in [-0.2, -0.15) is 0 Å². The summed E-state index contributed by atoms with van der Waals surface area (Å²) < 4.78 is 0. The maximum absolute atomic E-state index is 12.6. The van der Waals surface area contributed by atoms with Crippen LogP contribution in [-0.2, 0) is 11.4 Å². The van der Waals surface area contributed by atoms with Gasteiger partial charge in [0.15, 0.2) is 6.10 Å². The van der Waals surface area contributed by atoms with E-state index >= 15 is 0 Å². The van der Waals surface area contributed by atoms with Crippen LogP contribution in [0.3, 0.4) is 0 Å². The Kier molecular flexibility index (Phi) is 5.84. The van der Waals surface area contributed by atoms with Gasteiger partial charge in [-0.25, -0.2) is 4.79 Å². The average Bonchev–Trinajstić information content (AvgIpc) is 3.11. The number of benzene rings is 1. The molecule has 1 aliphatic rings. The molecule has 0 saturated heterocycles. The number of aromatic nitrogens is 1. The standard InChI is InChI=1S/C20H24N4O2/c1-15(2)22-20(25)24(13-16-7-4-3-5-8-16)14-18-11-19(23-26-18)17-9-6-10-21-12-17/h3-10,12,15,18H,11,13-14H2,1-2H3,(H,22,25)/t18-/m0/s1. The summed E-state index contributed by atoms with van der Waals surface area (Å²) in [7, 11) is 0. The Morgan fingerprint density at radius 3 is 2.77 bits per heavy atom. The van der Waals surface area contributed by atoms with E-state index in [0.717, 1.165) is 16.8 Å². The number of amides is 2. The molecular weight excluding hydrogens is 328 g/mol. The van der Waals surface area contributed by atoms with E-state index in [1.807, 2.05) is 56.3 Å². The van der Waals surface area contributed by atoms with Crippen LogP contribution < -0.4 is 5.32 Å². The first-order chi connectivity index (χ1) is 12.6. The highest BCUT2D eigenvalue weighted by Crippen LogP contribution is 2.18. The number of pyridine rings is 1. The van der Waals surface area contributed by atoms with Gasteiger partial charge in [0.1, 0.15) is 0 Å². The van der Waals surface area contributed by atoms with Crippen molar-refractivity contribution < 1.29 is 9.63 Å². The third kappa shape index (κ3) is 4.81. The van der Waals surface area contributed by atoms with E-state index in [1.165, 1.54) is 0 Å². The zero-order valence-corrected chi connectivity index (χ0v) is 15.1. The zero-order chi connectivity index (χ0) is 18.4. The number of urea groups is 1. The molecule has 1 N–H and O–H groups in total. The fourth-order valence-electron chi connectivity index (χ4n) is 2.84. The Morgan fingerprint density at radius 2 is 2.08 bits per heavy atom. The lowest BCUT2D eigenvalue weighted by Crippen LogP contribution is -2.45. The first-order valence-electron chi connectivity index (χ1n) is 8.84. The molecule has 1 atom stereocenters. The van der Waals surface area contributed by atoms with Crippen molar-refractivity contribution in [2.45, 2.75) is 39.0 Å². The molecule has 0 bridgehead atoms. The summed E-state index contributed by atoms with van der Waals surface area (Å²) in [6.45, 7) is 4.91. The number of hydrogen-bond acceptors (Lipinski definition) is 4. The summed E-state index contributed by atoms with van der Waals surface area (Å²) in [5, 5.41) is 7.15. The van der Waals surface area contributed by atoms with Gasteiger partial charge in [-0.05, 0) is 31.5 Å². The topological polar surface area (TPSA) is 66.8 Å². The normalized spacial score (nSPS) is 16.1. The third-order valence-corrected chi connectivity index (χ3v) is 4.07. The number of carbonyl (C=O) groups is 1. The van der Waals surface area contributed by atoms with Gasteiger partial charge in [0.25, 0.3) is 0 Å². The predicted octanol–water partition coefficient (Wildman–Crippen LogP) is 3.19. The summed E-state index contributed by atoms with van der Waals surface area (Å²) in [6, 6.07) is 13.8. The molecule has 26 heavy (non-hydrogen) atoms. The van der Waals surface area contributed by atoms with E-state index < -0.39 is 0 Å². The monoisotopic (exact) mass is 352 g/mol. The molecule has 0 fully saturated rings. The molecule has 1 aromatic heterocycles. The average molecular weight is 352 g/mol. The predicted molar refractivity (Wildman–Crippen MR) is 101 cm³/mol. The molecule has 1 aliphatic heterocycles. The fraction of sp³-hybridized carbons (Fsp3) is 0.350. The van der Waals surface area contributed by atoms with Crippen molar-refractivity contribution in [3.63, 3.8) is 0 Å². The number of nitrogens with zero attached hydrogens (tertiary/aromatic N) is 3. The lowest BCUT2D eigenvalue weighted by molar-refractivity contribution is 0.0586. The van der Waals surface area contributed by atoms with Gasteiger partial charge in [-0.1, -0.05) is 35.5 Å². The smallest absolute Gasteiger partial charge is 0.318 e. The van der Waals surface area contributed by atoms with Gasteiger partial charge in [0.05, 0.1) is 12.3 Å². The second-order valence-electron chi connectivity index (χ2n) is 6.68. The van der Waals surface area contributed by atoms with E-state index in [0.29, 0.717) is 19.5 Å². The Bertz CT molecular complexity index is 747. The lowest BCUT2D eigenvalue weighted by Gasteiger charge is -2.26. The van der Waals surface area contributed by atoms with Crippen molar-refractivity contribution >= 4 is 11.7 Å². The molecule has 2 aromatic rings. The van der Waals surface area contributed by atoms with Crippen molar-refractivity contribution in [2.75, 3.05) is 6.54 Å². The third-order valence-electron chi connectivity index (χ3n) is 4.07. The van der Waals surface area contributed by atoms with Crippen molar-refractivity contribution in [2.24, 2.45) is 5.16 Å². The lowest BCUT2D eigenvalue weighted by atomic mass is 10.1. The minimum Gasteiger partial charge on any atom is -0.390 e. The van der Waals surface area contributed by atoms with Crippen LogP contribution in [0, 0.1) is 0 Å². The Hall–Kier alpha value is -2.89.